The zero-order chi connectivity index (χ0) is 20.3. The van der Waals surface area contributed by atoms with Gasteiger partial charge in [0.25, 0.3) is 0 Å². The minimum Gasteiger partial charge on any atom is -0.478 e. The van der Waals surface area contributed by atoms with Crippen molar-refractivity contribution in [3.8, 4) is 11.1 Å². The second kappa shape index (κ2) is 8.02. The lowest BCUT2D eigenvalue weighted by Crippen LogP contribution is -2.20. The number of hydrogen-bond acceptors (Lipinski definition) is 4. The van der Waals surface area contributed by atoms with Crippen molar-refractivity contribution in [3.63, 3.8) is 0 Å². The molecule has 1 N–H and O–H groups in total. The van der Waals surface area contributed by atoms with Crippen LogP contribution in [-0.4, -0.2) is 31.2 Å². The number of thiocarbonyl (C=S) groups is 1. The van der Waals surface area contributed by atoms with Gasteiger partial charge < -0.3 is 5.11 Å². The molecule has 6 heteroatoms. The van der Waals surface area contributed by atoms with Crippen LogP contribution >= 0.6 is 12.2 Å². The molecule has 3 rings (SSSR count). The summed E-state index contributed by atoms with van der Waals surface area (Å²) in [6.07, 6.45) is 0.566. The highest BCUT2D eigenvalue weighted by Gasteiger charge is 2.23. The highest BCUT2D eigenvalue weighted by Crippen LogP contribution is 2.25. The Balaban J connectivity index is 1.90. The minimum atomic E-state index is -0.928. The second-order valence-corrected chi connectivity index (χ2v) is 8.01. The van der Waals surface area contributed by atoms with Crippen LogP contribution < -0.4 is 0 Å². The summed E-state index contributed by atoms with van der Waals surface area (Å²) in [7, 11) is 0. The molecule has 144 valence electrons. The Morgan fingerprint density at radius 1 is 1.14 bits per heavy atom. The Morgan fingerprint density at radius 2 is 1.82 bits per heavy atom. The molecule has 0 spiro atoms. The third-order valence-electron chi connectivity index (χ3n) is 4.41. The predicted molar refractivity (Wildman–Crippen MR) is 114 cm³/mol. The Morgan fingerprint density at radius 3 is 2.43 bits per heavy atom. The molecule has 2 aromatic carbocycles. The summed E-state index contributed by atoms with van der Waals surface area (Å²) in [5.74, 6) is 0.717. The van der Waals surface area contributed by atoms with Crippen molar-refractivity contribution in [3.05, 3.63) is 71.3 Å². The van der Waals surface area contributed by atoms with Crippen LogP contribution in [0.25, 0.3) is 11.1 Å². The lowest BCUT2D eigenvalue weighted by Gasteiger charge is -2.18. The van der Waals surface area contributed by atoms with Gasteiger partial charge in [0.05, 0.1) is 12.1 Å². The van der Waals surface area contributed by atoms with Crippen LogP contribution in [0.5, 0.6) is 0 Å². The standard InChI is InChI=1S/C22H23N3O2S/c1-22(2,3)21-23-19(12-13-28)24-25(21)14-15-8-10-16(11-9-15)17-6-4-5-7-18(17)20(26)27/h4-11,13H,12,14H2,1-3H3,(H,26,27). The highest BCUT2D eigenvalue weighted by molar-refractivity contribution is 7.78. The second-order valence-electron chi connectivity index (χ2n) is 7.68. The van der Waals surface area contributed by atoms with Crippen molar-refractivity contribution < 1.29 is 9.90 Å². The summed E-state index contributed by atoms with van der Waals surface area (Å²) in [6.45, 7) is 6.93. The zero-order valence-electron chi connectivity index (χ0n) is 16.2. The van der Waals surface area contributed by atoms with Crippen molar-refractivity contribution in [1.82, 2.24) is 14.8 Å². The van der Waals surface area contributed by atoms with E-state index in [2.05, 4.69) is 30.9 Å². The normalized spacial score (nSPS) is 11.4. The molecular formula is C22H23N3O2S. The number of carboxylic acid groups (broad SMARTS) is 1. The summed E-state index contributed by atoms with van der Waals surface area (Å²) in [4.78, 5) is 16.1. The fraction of sp³-hybridized carbons (Fsp3) is 0.273. The predicted octanol–water partition coefficient (Wildman–Crippen LogP) is 4.53. The maximum atomic E-state index is 11.5. The highest BCUT2D eigenvalue weighted by atomic mass is 32.1. The first-order valence-corrected chi connectivity index (χ1v) is 9.56. The average molecular weight is 394 g/mol. The summed E-state index contributed by atoms with van der Waals surface area (Å²) in [5.41, 5.74) is 2.82. The van der Waals surface area contributed by atoms with E-state index in [4.69, 9.17) is 12.2 Å². The Bertz CT molecular complexity index is 1000. The summed E-state index contributed by atoms with van der Waals surface area (Å²) >= 11 is 4.94. The average Bonchev–Trinajstić information content (AvgIpc) is 3.05. The maximum absolute atomic E-state index is 11.5. The Hall–Kier alpha value is -2.86. The number of nitrogens with zero attached hydrogens (tertiary/aromatic N) is 3. The molecule has 5 nitrogen and oxygen atoms in total. The van der Waals surface area contributed by atoms with Crippen molar-refractivity contribution in [2.75, 3.05) is 0 Å². The molecule has 0 saturated heterocycles. The molecule has 0 aliphatic carbocycles. The van der Waals surface area contributed by atoms with E-state index in [1.54, 1.807) is 17.5 Å². The third-order valence-corrected chi connectivity index (χ3v) is 4.57. The van der Waals surface area contributed by atoms with Crippen LogP contribution in [0.4, 0.5) is 0 Å². The molecule has 0 radical (unpaired) electrons. The Kier molecular flexibility index (Phi) is 5.70. The number of aromatic carboxylic acids is 1. The van der Waals surface area contributed by atoms with E-state index < -0.39 is 5.97 Å². The lowest BCUT2D eigenvalue weighted by molar-refractivity contribution is 0.0697. The number of benzene rings is 2. The van der Waals surface area contributed by atoms with E-state index in [1.165, 1.54) is 0 Å². The summed E-state index contributed by atoms with van der Waals surface area (Å²) < 4.78 is 1.92. The van der Waals surface area contributed by atoms with Crippen LogP contribution in [0.1, 0.15) is 48.3 Å². The van der Waals surface area contributed by atoms with Crippen LogP contribution in [0.2, 0.25) is 0 Å². The number of aromatic nitrogens is 3. The molecule has 1 heterocycles. The molecule has 0 saturated carbocycles. The van der Waals surface area contributed by atoms with Gasteiger partial charge in [-0.1, -0.05) is 75.5 Å². The van der Waals surface area contributed by atoms with Gasteiger partial charge >= 0.3 is 5.97 Å². The van der Waals surface area contributed by atoms with Gasteiger partial charge in [-0.3, -0.25) is 0 Å². The number of rotatable bonds is 6. The number of carboxylic acids is 1. The van der Waals surface area contributed by atoms with Crippen LogP contribution in [-0.2, 0) is 18.4 Å². The number of hydrogen-bond donors (Lipinski definition) is 1. The van der Waals surface area contributed by atoms with Crippen molar-refractivity contribution in [2.24, 2.45) is 0 Å². The molecule has 1 aromatic heterocycles. The third kappa shape index (κ3) is 4.34. The zero-order valence-corrected chi connectivity index (χ0v) is 17.0. The molecule has 0 bridgehead atoms. The first-order chi connectivity index (χ1) is 13.3. The van der Waals surface area contributed by atoms with E-state index in [0.29, 0.717) is 24.1 Å². The van der Waals surface area contributed by atoms with Gasteiger partial charge in [-0.2, -0.15) is 5.10 Å². The maximum Gasteiger partial charge on any atom is 0.336 e. The molecular weight excluding hydrogens is 370 g/mol. The van der Waals surface area contributed by atoms with Gasteiger partial charge in [0.2, 0.25) is 0 Å². The molecule has 0 amide bonds. The summed E-state index contributed by atoms with van der Waals surface area (Å²) in [6, 6.07) is 14.9. The van der Waals surface area contributed by atoms with Gasteiger partial charge in [0, 0.05) is 11.8 Å². The smallest absolute Gasteiger partial charge is 0.336 e. The first kappa shape index (κ1) is 19.9. The SMILES string of the molecule is CC(C)(C)c1nc(CC=S)nn1Cc1ccc(-c2ccccc2C(=O)O)cc1. The lowest BCUT2D eigenvalue weighted by atomic mass is 9.95. The van der Waals surface area contributed by atoms with Crippen LogP contribution in [0.3, 0.4) is 0 Å². The van der Waals surface area contributed by atoms with E-state index >= 15 is 0 Å². The van der Waals surface area contributed by atoms with Crippen molar-refractivity contribution in [2.45, 2.75) is 39.2 Å². The van der Waals surface area contributed by atoms with Crippen LogP contribution in [0.15, 0.2) is 48.5 Å². The van der Waals surface area contributed by atoms with E-state index in [9.17, 15) is 9.90 Å². The molecule has 0 fully saturated rings. The van der Waals surface area contributed by atoms with Crippen molar-refractivity contribution >= 4 is 23.6 Å². The molecule has 28 heavy (non-hydrogen) atoms. The summed E-state index contributed by atoms with van der Waals surface area (Å²) in [5, 5.41) is 15.6. The molecule has 0 unspecified atom stereocenters. The van der Waals surface area contributed by atoms with E-state index in [1.807, 2.05) is 41.1 Å². The van der Waals surface area contributed by atoms with Gasteiger partial charge in [0.1, 0.15) is 5.82 Å². The minimum absolute atomic E-state index is 0.132. The molecule has 0 atom stereocenters. The van der Waals surface area contributed by atoms with Crippen molar-refractivity contribution in [1.29, 1.82) is 0 Å². The van der Waals surface area contributed by atoms with Gasteiger partial charge in [-0.05, 0) is 28.1 Å². The van der Waals surface area contributed by atoms with Crippen LogP contribution in [0, 0.1) is 0 Å². The Labute approximate surface area is 170 Å². The van der Waals surface area contributed by atoms with Gasteiger partial charge in [0.15, 0.2) is 5.82 Å². The fourth-order valence-electron chi connectivity index (χ4n) is 3.10. The van der Waals surface area contributed by atoms with Gasteiger partial charge in [-0.15, -0.1) is 0 Å². The topological polar surface area (TPSA) is 68.0 Å². The monoisotopic (exact) mass is 393 g/mol. The van der Waals surface area contributed by atoms with E-state index in [0.717, 1.165) is 22.8 Å². The fourth-order valence-corrected chi connectivity index (χ4v) is 3.25. The molecule has 0 aliphatic rings. The quantitative estimate of drug-likeness (QED) is 0.623. The first-order valence-electron chi connectivity index (χ1n) is 9.09. The number of carbonyl (C=O) groups is 1. The van der Waals surface area contributed by atoms with Gasteiger partial charge in [-0.25, -0.2) is 14.5 Å². The molecule has 3 aromatic rings. The molecule has 0 aliphatic heterocycles. The van der Waals surface area contributed by atoms with E-state index in [-0.39, 0.29) is 5.41 Å². The largest absolute Gasteiger partial charge is 0.478 e.